The first kappa shape index (κ1) is 28.0. The van der Waals surface area contributed by atoms with Crippen LogP contribution in [0.4, 0.5) is 11.5 Å². The van der Waals surface area contributed by atoms with Gasteiger partial charge < -0.3 is 10.1 Å². The monoisotopic (exact) mass is 545 g/mol. The van der Waals surface area contributed by atoms with Gasteiger partial charge in [-0.25, -0.2) is 0 Å². The molecule has 202 valence electrons. The number of nitrogens with zero attached hydrogens (tertiary/aromatic N) is 6. The molecule has 0 radical (unpaired) electrons. The van der Waals surface area contributed by atoms with Gasteiger partial charge in [-0.15, -0.1) is 0 Å². The first-order chi connectivity index (χ1) is 18.6. The van der Waals surface area contributed by atoms with Crippen LogP contribution in [0.5, 0.6) is 11.6 Å². The average Bonchev–Trinajstić information content (AvgIpc) is 2.92. The number of hydrogen-bond acceptors (Lipinski definition) is 8. The Balaban J connectivity index is 1.42. The summed E-state index contributed by atoms with van der Waals surface area (Å²) < 4.78 is 33.5. The van der Waals surface area contributed by atoms with Gasteiger partial charge in [0.1, 0.15) is 11.8 Å². The minimum atomic E-state index is -3.38. The molecule has 2 heterocycles. The summed E-state index contributed by atoms with van der Waals surface area (Å²) in [6.45, 7) is 6.70. The lowest BCUT2D eigenvalue weighted by atomic mass is 10.1. The van der Waals surface area contributed by atoms with Crippen molar-refractivity contribution in [1.82, 2.24) is 18.5 Å². The summed E-state index contributed by atoms with van der Waals surface area (Å²) in [7, 11) is -0.286. The number of benzene rings is 2. The Morgan fingerprint density at radius 1 is 0.974 bits per heavy atom. The molecule has 0 bridgehead atoms. The topological polar surface area (TPSA) is 126 Å². The van der Waals surface area contributed by atoms with Gasteiger partial charge in [-0.3, -0.25) is 4.90 Å². The summed E-state index contributed by atoms with van der Waals surface area (Å²) in [5.74, 6) is 1.34. The molecule has 0 atom stereocenters. The van der Waals surface area contributed by atoms with Crippen molar-refractivity contribution in [1.29, 1.82) is 10.5 Å². The fraction of sp³-hybridized carbons (Fsp3) is 0.321. The minimum Gasteiger partial charge on any atom is -0.438 e. The Bertz CT molecular complexity index is 1510. The van der Waals surface area contributed by atoms with E-state index in [1.54, 1.807) is 38.4 Å². The van der Waals surface area contributed by atoms with Crippen LogP contribution in [0.25, 0.3) is 0 Å². The summed E-state index contributed by atoms with van der Waals surface area (Å²) in [4.78, 5) is 6.76. The second-order valence-corrected chi connectivity index (χ2v) is 11.7. The lowest BCUT2D eigenvalue weighted by molar-refractivity contribution is 0.177. The Kier molecular flexibility index (Phi) is 8.48. The Labute approximate surface area is 229 Å². The molecule has 4 rings (SSSR count). The maximum atomic E-state index is 12.3. The van der Waals surface area contributed by atoms with Crippen LogP contribution >= 0.6 is 0 Å². The number of rotatable bonds is 8. The van der Waals surface area contributed by atoms with E-state index in [0.29, 0.717) is 61.3 Å². The van der Waals surface area contributed by atoms with Crippen LogP contribution in [0, 0.1) is 36.5 Å². The highest BCUT2D eigenvalue weighted by atomic mass is 32.2. The summed E-state index contributed by atoms with van der Waals surface area (Å²) in [5.41, 5.74) is 4.46. The zero-order valence-corrected chi connectivity index (χ0v) is 23.3. The van der Waals surface area contributed by atoms with E-state index in [1.165, 1.54) is 8.61 Å². The van der Waals surface area contributed by atoms with Crippen molar-refractivity contribution in [2.24, 2.45) is 0 Å². The summed E-state index contributed by atoms with van der Waals surface area (Å²) >= 11 is 0. The third-order valence-corrected chi connectivity index (χ3v) is 8.47. The predicted octanol–water partition coefficient (Wildman–Crippen LogP) is 3.90. The molecule has 1 saturated heterocycles. The van der Waals surface area contributed by atoms with Gasteiger partial charge in [-0.1, -0.05) is 12.1 Å². The van der Waals surface area contributed by atoms with Crippen LogP contribution in [0.2, 0.25) is 0 Å². The van der Waals surface area contributed by atoms with E-state index in [9.17, 15) is 18.9 Å². The van der Waals surface area contributed by atoms with Gasteiger partial charge in [-0.05, 0) is 60.9 Å². The van der Waals surface area contributed by atoms with E-state index in [0.717, 1.165) is 22.4 Å². The van der Waals surface area contributed by atoms with Crippen LogP contribution in [-0.4, -0.2) is 67.2 Å². The second kappa shape index (κ2) is 11.8. The molecule has 39 heavy (non-hydrogen) atoms. The van der Waals surface area contributed by atoms with Crippen molar-refractivity contribution < 1.29 is 13.2 Å². The molecule has 1 N–H and O–H groups in total. The number of ether oxygens (including phenoxy) is 1. The van der Waals surface area contributed by atoms with Crippen LogP contribution < -0.4 is 10.1 Å². The first-order valence-electron chi connectivity index (χ1n) is 12.5. The van der Waals surface area contributed by atoms with Crippen LogP contribution in [-0.2, 0) is 16.8 Å². The molecule has 0 saturated carbocycles. The molecule has 1 aliphatic rings. The van der Waals surface area contributed by atoms with Crippen molar-refractivity contribution in [3.63, 3.8) is 0 Å². The number of pyridine rings is 1. The lowest BCUT2D eigenvalue weighted by Gasteiger charge is -2.35. The molecule has 2 aromatic carbocycles. The van der Waals surface area contributed by atoms with Gasteiger partial charge >= 0.3 is 0 Å². The molecule has 1 fully saturated rings. The summed E-state index contributed by atoms with van der Waals surface area (Å²) in [6.07, 6.45) is 0. The predicted molar refractivity (Wildman–Crippen MR) is 149 cm³/mol. The average molecular weight is 546 g/mol. The molecular formula is C28H31N7O3S. The van der Waals surface area contributed by atoms with E-state index in [-0.39, 0.29) is 0 Å². The number of nitriles is 2. The number of hydrogen-bond donors (Lipinski definition) is 1. The second-order valence-electron chi connectivity index (χ2n) is 9.60. The third-order valence-electron chi connectivity index (χ3n) is 6.53. The molecular weight excluding hydrogens is 514 g/mol. The van der Waals surface area contributed by atoms with E-state index < -0.39 is 10.2 Å². The summed E-state index contributed by atoms with van der Waals surface area (Å²) in [5, 5.41) is 22.0. The maximum Gasteiger partial charge on any atom is 0.281 e. The Hall–Kier alpha value is -4.00. The normalized spacial score (nSPS) is 14.5. The Morgan fingerprint density at radius 3 is 2.18 bits per heavy atom. The van der Waals surface area contributed by atoms with Gasteiger partial charge in [0.05, 0.1) is 17.2 Å². The first-order valence-corrected chi connectivity index (χ1v) is 13.9. The van der Waals surface area contributed by atoms with Crippen molar-refractivity contribution in [3.05, 3.63) is 76.3 Å². The van der Waals surface area contributed by atoms with Crippen LogP contribution in [0.15, 0.2) is 48.5 Å². The number of aromatic nitrogens is 1. The van der Waals surface area contributed by atoms with E-state index in [1.807, 2.05) is 38.1 Å². The fourth-order valence-corrected chi connectivity index (χ4v) is 5.49. The molecule has 0 aliphatic carbocycles. The van der Waals surface area contributed by atoms with Gasteiger partial charge in [0.25, 0.3) is 10.2 Å². The van der Waals surface area contributed by atoms with E-state index in [4.69, 9.17) is 4.74 Å². The quantitative estimate of drug-likeness (QED) is 0.452. The van der Waals surface area contributed by atoms with Crippen molar-refractivity contribution in [3.8, 4) is 23.8 Å². The third kappa shape index (κ3) is 6.53. The SMILES string of the molecule is Cc1cc(C#N)cc(C)c1Oc1ccc(C#N)c(Nc2ccc(CN3CCN(S(=O)(=O)N(C)C)CC3)cc2)n1. The highest BCUT2D eigenvalue weighted by molar-refractivity contribution is 7.86. The van der Waals surface area contributed by atoms with Gasteiger partial charge in [-0.2, -0.15) is 32.5 Å². The molecule has 1 aromatic heterocycles. The minimum absolute atomic E-state index is 0.333. The molecule has 11 heteroatoms. The van der Waals surface area contributed by atoms with Crippen molar-refractivity contribution in [2.45, 2.75) is 20.4 Å². The van der Waals surface area contributed by atoms with Crippen molar-refractivity contribution >= 4 is 21.7 Å². The number of anilines is 2. The van der Waals surface area contributed by atoms with Gasteiger partial charge in [0.15, 0.2) is 5.82 Å². The Morgan fingerprint density at radius 2 is 1.62 bits per heavy atom. The fourth-order valence-electron chi connectivity index (χ4n) is 4.40. The largest absolute Gasteiger partial charge is 0.438 e. The van der Waals surface area contributed by atoms with Crippen LogP contribution in [0.1, 0.15) is 27.8 Å². The van der Waals surface area contributed by atoms with E-state index in [2.05, 4.69) is 27.3 Å². The number of piperazine rings is 1. The molecule has 0 amide bonds. The lowest BCUT2D eigenvalue weighted by Crippen LogP contribution is -2.51. The number of nitrogens with one attached hydrogen (secondary N) is 1. The zero-order valence-electron chi connectivity index (χ0n) is 22.5. The highest BCUT2D eigenvalue weighted by Gasteiger charge is 2.28. The zero-order chi connectivity index (χ0) is 28.2. The summed E-state index contributed by atoms with van der Waals surface area (Å²) in [6, 6.07) is 19.0. The van der Waals surface area contributed by atoms with Crippen LogP contribution in [0.3, 0.4) is 0 Å². The molecule has 10 nitrogen and oxygen atoms in total. The van der Waals surface area contributed by atoms with E-state index >= 15 is 0 Å². The number of aryl methyl sites for hydroxylation is 2. The standard InChI is InChI=1S/C28H31N7O3S/c1-20-15-23(17-29)16-21(2)27(20)38-26-10-7-24(18-30)28(32-26)31-25-8-5-22(6-9-25)19-34-11-13-35(14-12-34)39(36,37)33(3)4/h5-10,15-16H,11-14,19H2,1-4H3,(H,31,32). The van der Waals surface area contributed by atoms with Crippen molar-refractivity contribution in [2.75, 3.05) is 45.6 Å². The highest BCUT2D eigenvalue weighted by Crippen LogP contribution is 2.31. The van der Waals surface area contributed by atoms with Gasteiger partial charge in [0.2, 0.25) is 5.88 Å². The smallest absolute Gasteiger partial charge is 0.281 e. The molecule has 0 spiro atoms. The molecule has 0 unspecified atom stereocenters. The van der Waals surface area contributed by atoms with Gasteiger partial charge in [0, 0.05) is 58.6 Å². The molecule has 1 aliphatic heterocycles. The maximum absolute atomic E-state index is 12.3. The molecule has 3 aromatic rings.